The van der Waals surface area contributed by atoms with E-state index in [2.05, 4.69) is 30.1 Å². The second kappa shape index (κ2) is 5.23. The van der Waals surface area contributed by atoms with Gasteiger partial charge in [0.05, 0.1) is 12.8 Å². The van der Waals surface area contributed by atoms with E-state index in [0.717, 1.165) is 31.4 Å². The number of nitrogens with one attached hydrogen (secondary N) is 1. The highest BCUT2D eigenvalue weighted by atomic mass is 16.3. The van der Waals surface area contributed by atoms with E-state index in [-0.39, 0.29) is 0 Å². The van der Waals surface area contributed by atoms with Gasteiger partial charge in [0.25, 0.3) is 0 Å². The molecule has 0 spiro atoms. The van der Waals surface area contributed by atoms with E-state index < -0.39 is 0 Å². The van der Waals surface area contributed by atoms with Gasteiger partial charge in [-0.05, 0) is 37.4 Å². The highest BCUT2D eigenvalue weighted by Gasteiger charge is 2.33. The summed E-state index contributed by atoms with van der Waals surface area (Å²) in [5, 5.41) is 3.28. The zero-order valence-electron chi connectivity index (χ0n) is 11.2. The van der Waals surface area contributed by atoms with Crippen LogP contribution in [0.4, 0.5) is 0 Å². The summed E-state index contributed by atoms with van der Waals surface area (Å²) in [6, 6.07) is 4.82. The second-order valence-electron chi connectivity index (χ2n) is 5.91. The normalized spacial score (nSPS) is 16.7. The summed E-state index contributed by atoms with van der Waals surface area (Å²) in [4.78, 5) is 2.57. The largest absolute Gasteiger partial charge is 0.468 e. The molecule has 1 aromatic heterocycles. The maximum atomic E-state index is 5.46. The highest BCUT2D eigenvalue weighted by molar-refractivity contribution is 5.00. The van der Waals surface area contributed by atoms with Crippen LogP contribution in [0.15, 0.2) is 22.8 Å². The van der Waals surface area contributed by atoms with Gasteiger partial charge in [-0.3, -0.25) is 4.90 Å². The van der Waals surface area contributed by atoms with E-state index in [0.29, 0.717) is 5.41 Å². The van der Waals surface area contributed by atoms with Gasteiger partial charge in [0.2, 0.25) is 0 Å². The van der Waals surface area contributed by atoms with E-state index in [1.54, 1.807) is 6.26 Å². The Balaban J connectivity index is 1.93. The molecule has 1 saturated carbocycles. The Labute approximate surface area is 104 Å². The van der Waals surface area contributed by atoms with Crippen LogP contribution < -0.4 is 5.32 Å². The zero-order chi connectivity index (χ0) is 12.3. The minimum absolute atomic E-state index is 0.309. The SMILES string of the molecule is CNCC(C)(C)CN(Cc1ccco1)C1CC1. The minimum atomic E-state index is 0.309. The monoisotopic (exact) mass is 236 g/mol. The summed E-state index contributed by atoms with van der Waals surface area (Å²) in [7, 11) is 2.02. The van der Waals surface area contributed by atoms with E-state index in [1.807, 2.05) is 13.1 Å². The van der Waals surface area contributed by atoms with Gasteiger partial charge < -0.3 is 9.73 Å². The van der Waals surface area contributed by atoms with Crippen molar-refractivity contribution in [3.63, 3.8) is 0 Å². The van der Waals surface area contributed by atoms with Crippen molar-refractivity contribution in [3.05, 3.63) is 24.2 Å². The molecule has 1 aliphatic rings. The fourth-order valence-electron chi connectivity index (χ4n) is 2.44. The molecular formula is C14H24N2O. The molecule has 0 radical (unpaired) electrons. The molecule has 0 unspecified atom stereocenters. The molecule has 0 aliphatic heterocycles. The molecule has 1 N–H and O–H groups in total. The highest BCUT2D eigenvalue weighted by Crippen LogP contribution is 2.31. The number of hydrogen-bond acceptors (Lipinski definition) is 3. The Kier molecular flexibility index (Phi) is 3.89. The Hall–Kier alpha value is -0.800. The van der Waals surface area contributed by atoms with Crippen LogP contribution in [-0.4, -0.2) is 31.1 Å². The van der Waals surface area contributed by atoms with Gasteiger partial charge in [0.15, 0.2) is 0 Å². The molecule has 1 fully saturated rings. The molecule has 1 heterocycles. The Morgan fingerprint density at radius 3 is 2.76 bits per heavy atom. The first kappa shape index (κ1) is 12.7. The first-order valence-electron chi connectivity index (χ1n) is 6.52. The molecule has 96 valence electrons. The van der Waals surface area contributed by atoms with E-state index in [9.17, 15) is 0 Å². The van der Waals surface area contributed by atoms with E-state index in [1.165, 1.54) is 12.8 Å². The van der Waals surface area contributed by atoms with Gasteiger partial charge in [-0.25, -0.2) is 0 Å². The summed E-state index contributed by atoms with van der Waals surface area (Å²) in [5.41, 5.74) is 0.309. The van der Waals surface area contributed by atoms with Crippen molar-refractivity contribution in [1.29, 1.82) is 0 Å². The van der Waals surface area contributed by atoms with Gasteiger partial charge in [0, 0.05) is 19.1 Å². The van der Waals surface area contributed by atoms with Crippen molar-refractivity contribution in [2.24, 2.45) is 5.41 Å². The number of nitrogens with zero attached hydrogens (tertiary/aromatic N) is 1. The molecule has 2 rings (SSSR count). The Morgan fingerprint density at radius 2 is 2.24 bits per heavy atom. The smallest absolute Gasteiger partial charge is 0.117 e. The van der Waals surface area contributed by atoms with Crippen LogP contribution in [0.2, 0.25) is 0 Å². The lowest BCUT2D eigenvalue weighted by atomic mass is 9.92. The quantitative estimate of drug-likeness (QED) is 0.788. The molecule has 0 atom stereocenters. The predicted molar refractivity (Wildman–Crippen MR) is 69.8 cm³/mol. The number of rotatable bonds is 7. The van der Waals surface area contributed by atoms with Gasteiger partial charge in [-0.2, -0.15) is 0 Å². The summed E-state index contributed by atoms with van der Waals surface area (Å²) >= 11 is 0. The first-order chi connectivity index (χ1) is 8.11. The number of furan rings is 1. The Morgan fingerprint density at radius 1 is 1.47 bits per heavy atom. The molecule has 3 nitrogen and oxygen atoms in total. The third-order valence-electron chi connectivity index (χ3n) is 3.29. The molecule has 3 heteroatoms. The van der Waals surface area contributed by atoms with Crippen molar-refractivity contribution >= 4 is 0 Å². The topological polar surface area (TPSA) is 28.4 Å². The summed E-state index contributed by atoms with van der Waals surface area (Å²) < 4.78 is 5.46. The van der Waals surface area contributed by atoms with Gasteiger partial charge >= 0.3 is 0 Å². The predicted octanol–water partition coefficient (Wildman–Crippen LogP) is 2.49. The minimum Gasteiger partial charge on any atom is -0.468 e. The average Bonchev–Trinajstić information content (AvgIpc) is 2.97. The molecule has 0 aromatic carbocycles. The third kappa shape index (κ3) is 3.86. The van der Waals surface area contributed by atoms with E-state index >= 15 is 0 Å². The summed E-state index contributed by atoms with van der Waals surface area (Å²) in [6.07, 6.45) is 4.45. The average molecular weight is 236 g/mol. The summed E-state index contributed by atoms with van der Waals surface area (Å²) in [6.45, 7) is 7.76. The molecule has 0 bridgehead atoms. The maximum absolute atomic E-state index is 5.46. The van der Waals surface area contributed by atoms with Crippen LogP contribution in [0, 0.1) is 5.41 Å². The molecule has 1 aromatic rings. The Bertz CT molecular complexity index is 328. The molecule has 0 amide bonds. The fourth-order valence-corrected chi connectivity index (χ4v) is 2.44. The zero-order valence-corrected chi connectivity index (χ0v) is 11.2. The van der Waals surface area contributed by atoms with Crippen molar-refractivity contribution in [1.82, 2.24) is 10.2 Å². The van der Waals surface area contributed by atoms with Gasteiger partial charge in [-0.1, -0.05) is 13.8 Å². The lowest BCUT2D eigenvalue weighted by molar-refractivity contribution is 0.152. The fraction of sp³-hybridized carbons (Fsp3) is 0.714. The van der Waals surface area contributed by atoms with Crippen LogP contribution >= 0.6 is 0 Å². The van der Waals surface area contributed by atoms with Crippen LogP contribution in [0.3, 0.4) is 0 Å². The standard InChI is InChI=1S/C14H24N2O/c1-14(2,10-15-3)11-16(12-6-7-12)9-13-5-4-8-17-13/h4-5,8,12,15H,6-7,9-11H2,1-3H3. The third-order valence-corrected chi connectivity index (χ3v) is 3.29. The van der Waals surface area contributed by atoms with Gasteiger partial charge in [0.1, 0.15) is 5.76 Å². The van der Waals surface area contributed by atoms with Crippen LogP contribution in [0.1, 0.15) is 32.4 Å². The van der Waals surface area contributed by atoms with Gasteiger partial charge in [-0.15, -0.1) is 0 Å². The van der Waals surface area contributed by atoms with Crippen molar-refractivity contribution < 1.29 is 4.42 Å². The van der Waals surface area contributed by atoms with Crippen LogP contribution in [-0.2, 0) is 6.54 Å². The summed E-state index contributed by atoms with van der Waals surface area (Å²) in [5.74, 6) is 1.08. The molecular weight excluding hydrogens is 212 g/mol. The molecule has 0 saturated heterocycles. The first-order valence-corrected chi connectivity index (χ1v) is 6.52. The number of hydrogen-bond donors (Lipinski definition) is 1. The van der Waals surface area contributed by atoms with Crippen LogP contribution in [0.5, 0.6) is 0 Å². The lowest BCUT2D eigenvalue weighted by Crippen LogP contribution is -2.40. The lowest BCUT2D eigenvalue weighted by Gasteiger charge is -2.32. The second-order valence-corrected chi connectivity index (χ2v) is 5.91. The molecule has 1 aliphatic carbocycles. The maximum Gasteiger partial charge on any atom is 0.117 e. The van der Waals surface area contributed by atoms with Crippen LogP contribution in [0.25, 0.3) is 0 Å². The van der Waals surface area contributed by atoms with Crippen molar-refractivity contribution in [2.45, 2.75) is 39.3 Å². The molecule has 17 heavy (non-hydrogen) atoms. The van der Waals surface area contributed by atoms with E-state index in [4.69, 9.17) is 4.42 Å². The van der Waals surface area contributed by atoms with Crippen molar-refractivity contribution in [3.8, 4) is 0 Å². The van der Waals surface area contributed by atoms with Crippen molar-refractivity contribution in [2.75, 3.05) is 20.1 Å².